The first-order chi connectivity index (χ1) is 14.0. The third kappa shape index (κ3) is 5.77. The van der Waals surface area contributed by atoms with E-state index in [-0.39, 0.29) is 17.7 Å². The lowest BCUT2D eigenvalue weighted by Gasteiger charge is -2.31. The lowest BCUT2D eigenvalue weighted by Crippen LogP contribution is -2.42. The molecule has 0 aromatic heterocycles. The van der Waals surface area contributed by atoms with Gasteiger partial charge < -0.3 is 15.9 Å². The molecule has 30 heavy (non-hydrogen) atoms. The summed E-state index contributed by atoms with van der Waals surface area (Å²) in [6.07, 6.45) is -5.23. The van der Waals surface area contributed by atoms with Crippen molar-refractivity contribution < 1.29 is 28.2 Å². The van der Waals surface area contributed by atoms with E-state index in [4.69, 9.17) is 10.8 Å². The number of benzene rings is 2. The Balaban J connectivity index is 2.13. The molecular formula is C22H26F3NO3S. The molecule has 2 unspecified atom stereocenters. The van der Waals surface area contributed by atoms with Crippen molar-refractivity contribution in [2.24, 2.45) is 5.73 Å². The topological polar surface area (TPSA) is 83.5 Å². The smallest absolute Gasteiger partial charge is 0.421 e. The van der Waals surface area contributed by atoms with Crippen molar-refractivity contribution in [2.75, 3.05) is 11.5 Å². The lowest BCUT2D eigenvalue weighted by molar-refractivity contribution is -0.267. The van der Waals surface area contributed by atoms with E-state index >= 15 is 0 Å². The SMILES string of the molecule is Cc1ccc(-c2ccc(C(O)(CCSCCC(N)C(=O)O)C(F)(F)F)cc2)c(C)c1. The zero-order valence-corrected chi connectivity index (χ0v) is 17.7. The fourth-order valence-electron chi connectivity index (χ4n) is 3.17. The van der Waals surface area contributed by atoms with Crippen LogP contribution in [0.2, 0.25) is 0 Å². The largest absolute Gasteiger partial charge is 0.480 e. The molecule has 0 bridgehead atoms. The molecule has 0 aliphatic heterocycles. The van der Waals surface area contributed by atoms with Crippen molar-refractivity contribution in [3.05, 3.63) is 59.2 Å². The molecule has 0 saturated carbocycles. The van der Waals surface area contributed by atoms with Crippen LogP contribution >= 0.6 is 11.8 Å². The van der Waals surface area contributed by atoms with Gasteiger partial charge in [0, 0.05) is 0 Å². The zero-order valence-electron chi connectivity index (χ0n) is 16.9. The molecule has 4 nitrogen and oxygen atoms in total. The van der Waals surface area contributed by atoms with Crippen molar-refractivity contribution in [1.82, 2.24) is 0 Å². The predicted octanol–water partition coefficient (Wildman–Crippen LogP) is 4.65. The predicted molar refractivity (Wildman–Crippen MR) is 113 cm³/mol. The van der Waals surface area contributed by atoms with E-state index in [1.807, 2.05) is 32.0 Å². The lowest BCUT2D eigenvalue weighted by atomic mass is 9.88. The van der Waals surface area contributed by atoms with Crippen LogP contribution in [0.1, 0.15) is 29.5 Å². The van der Waals surface area contributed by atoms with Gasteiger partial charge in [-0.05, 0) is 60.4 Å². The normalized spacial score (nSPS) is 14.9. The van der Waals surface area contributed by atoms with Crippen LogP contribution < -0.4 is 5.73 Å². The first-order valence-corrected chi connectivity index (χ1v) is 10.6. The van der Waals surface area contributed by atoms with Crippen LogP contribution in [0.3, 0.4) is 0 Å². The van der Waals surface area contributed by atoms with E-state index in [1.165, 1.54) is 12.1 Å². The maximum Gasteiger partial charge on any atom is 0.421 e. The first kappa shape index (κ1) is 24.2. The van der Waals surface area contributed by atoms with Crippen LogP contribution in [-0.4, -0.2) is 39.9 Å². The maximum absolute atomic E-state index is 13.7. The molecule has 164 valence electrons. The minimum Gasteiger partial charge on any atom is -0.480 e. The van der Waals surface area contributed by atoms with Gasteiger partial charge >= 0.3 is 12.1 Å². The molecule has 2 atom stereocenters. The van der Waals surface area contributed by atoms with Gasteiger partial charge in [0.1, 0.15) is 6.04 Å². The summed E-state index contributed by atoms with van der Waals surface area (Å²) in [5, 5.41) is 19.2. The molecule has 0 heterocycles. The number of carboxylic acids is 1. The van der Waals surface area contributed by atoms with E-state index in [0.717, 1.165) is 34.0 Å². The number of rotatable bonds is 9. The van der Waals surface area contributed by atoms with Gasteiger partial charge in [-0.15, -0.1) is 0 Å². The summed E-state index contributed by atoms with van der Waals surface area (Å²) in [5.74, 6) is -0.833. The first-order valence-electron chi connectivity index (χ1n) is 9.49. The van der Waals surface area contributed by atoms with Crippen molar-refractivity contribution >= 4 is 17.7 Å². The molecule has 2 aromatic rings. The van der Waals surface area contributed by atoms with Crippen molar-refractivity contribution in [1.29, 1.82) is 0 Å². The van der Waals surface area contributed by atoms with Gasteiger partial charge in [-0.1, -0.05) is 48.0 Å². The Kier molecular flexibility index (Phi) is 7.96. The van der Waals surface area contributed by atoms with Crippen LogP contribution in [-0.2, 0) is 10.4 Å². The van der Waals surface area contributed by atoms with Gasteiger partial charge in [-0.25, -0.2) is 0 Å². The Hall–Kier alpha value is -2.03. The van der Waals surface area contributed by atoms with E-state index in [2.05, 4.69) is 0 Å². The maximum atomic E-state index is 13.7. The zero-order chi connectivity index (χ0) is 22.5. The number of hydrogen-bond donors (Lipinski definition) is 3. The summed E-state index contributed by atoms with van der Waals surface area (Å²) in [5.41, 5.74) is 6.01. The Morgan fingerprint density at radius 2 is 1.73 bits per heavy atom. The number of aryl methyl sites for hydroxylation is 2. The summed E-state index contributed by atoms with van der Waals surface area (Å²) < 4.78 is 41.1. The Bertz CT molecular complexity index is 871. The van der Waals surface area contributed by atoms with Gasteiger partial charge in [-0.2, -0.15) is 24.9 Å². The number of thioether (sulfide) groups is 1. The summed E-state index contributed by atoms with van der Waals surface area (Å²) in [7, 11) is 0. The number of alkyl halides is 3. The molecule has 0 amide bonds. The number of hydrogen-bond acceptors (Lipinski definition) is 4. The number of carboxylic acid groups (broad SMARTS) is 1. The van der Waals surface area contributed by atoms with Gasteiger partial charge in [0.2, 0.25) is 0 Å². The summed E-state index contributed by atoms with van der Waals surface area (Å²) in [6.45, 7) is 3.91. The third-order valence-electron chi connectivity index (χ3n) is 5.02. The number of aliphatic carboxylic acids is 1. The molecule has 2 rings (SSSR count). The minimum atomic E-state index is -4.84. The van der Waals surface area contributed by atoms with Gasteiger partial charge in [0.15, 0.2) is 5.60 Å². The average molecular weight is 442 g/mol. The standard InChI is InChI=1S/C22H26F3NO3S/c1-14-3-8-18(15(2)13-14)16-4-6-17(7-5-16)21(29,22(23,24)25)10-12-30-11-9-19(26)20(27)28/h3-8,13,19,29H,9-12,26H2,1-2H3,(H,27,28). The summed E-state index contributed by atoms with van der Waals surface area (Å²) in [6, 6.07) is 10.6. The fourth-order valence-corrected chi connectivity index (χ4v) is 4.23. The Morgan fingerprint density at radius 3 is 2.27 bits per heavy atom. The van der Waals surface area contributed by atoms with Crippen LogP contribution in [0.5, 0.6) is 0 Å². The van der Waals surface area contributed by atoms with Crippen LogP contribution in [0.4, 0.5) is 13.2 Å². The highest BCUT2D eigenvalue weighted by atomic mass is 32.2. The molecule has 0 saturated heterocycles. The molecular weight excluding hydrogens is 415 g/mol. The van der Waals surface area contributed by atoms with Crippen molar-refractivity contribution in [3.63, 3.8) is 0 Å². The number of aliphatic hydroxyl groups is 1. The van der Waals surface area contributed by atoms with E-state index in [0.29, 0.717) is 5.75 Å². The molecule has 2 aromatic carbocycles. The molecule has 0 fully saturated rings. The highest BCUT2D eigenvalue weighted by Crippen LogP contribution is 2.43. The van der Waals surface area contributed by atoms with Crippen molar-refractivity contribution in [3.8, 4) is 11.1 Å². The van der Waals surface area contributed by atoms with Gasteiger partial charge in [-0.3, -0.25) is 4.79 Å². The van der Waals surface area contributed by atoms with E-state index in [1.54, 1.807) is 12.1 Å². The second-order valence-corrected chi connectivity index (χ2v) is 8.57. The van der Waals surface area contributed by atoms with E-state index in [9.17, 15) is 23.1 Å². The highest BCUT2D eigenvalue weighted by molar-refractivity contribution is 7.99. The number of nitrogens with two attached hydrogens (primary N) is 1. The van der Waals surface area contributed by atoms with Crippen molar-refractivity contribution in [2.45, 2.75) is 44.5 Å². The van der Waals surface area contributed by atoms with Crippen LogP contribution in [0.25, 0.3) is 11.1 Å². The second-order valence-electron chi connectivity index (χ2n) is 7.35. The van der Waals surface area contributed by atoms with E-state index < -0.39 is 30.2 Å². The number of carbonyl (C=O) groups is 1. The molecule has 0 spiro atoms. The second kappa shape index (κ2) is 9.85. The molecule has 4 N–H and O–H groups in total. The molecule has 0 aliphatic carbocycles. The molecule has 0 radical (unpaired) electrons. The fraction of sp³-hybridized carbons (Fsp3) is 0.409. The number of halogens is 3. The Morgan fingerprint density at radius 1 is 1.10 bits per heavy atom. The molecule has 8 heteroatoms. The highest BCUT2D eigenvalue weighted by Gasteiger charge is 2.54. The molecule has 0 aliphatic rings. The monoisotopic (exact) mass is 441 g/mol. The summed E-state index contributed by atoms with van der Waals surface area (Å²) >= 11 is 1.14. The Labute approximate surface area is 178 Å². The third-order valence-corrected chi connectivity index (χ3v) is 6.04. The van der Waals surface area contributed by atoms with Gasteiger partial charge in [0.25, 0.3) is 0 Å². The minimum absolute atomic E-state index is 0.0151. The average Bonchev–Trinajstić information content (AvgIpc) is 2.66. The van der Waals surface area contributed by atoms with Crippen LogP contribution in [0.15, 0.2) is 42.5 Å². The van der Waals surface area contributed by atoms with Gasteiger partial charge in [0.05, 0.1) is 0 Å². The summed E-state index contributed by atoms with van der Waals surface area (Å²) in [4.78, 5) is 10.7. The van der Waals surface area contributed by atoms with Crippen LogP contribution in [0, 0.1) is 13.8 Å². The quantitative estimate of drug-likeness (QED) is 0.494.